The fourth-order valence-electron chi connectivity index (χ4n) is 2.76. The molecule has 1 amide bonds. The SMILES string of the molecule is CC(CN(C)C(=O)C1CC1)c1cccc(Oc2ccccc2)c1. The van der Waals surface area contributed by atoms with Crippen LogP contribution in [0, 0.1) is 5.92 Å². The molecule has 120 valence electrons. The first kappa shape index (κ1) is 15.6. The molecule has 1 unspecified atom stereocenters. The Hall–Kier alpha value is -2.29. The van der Waals surface area contributed by atoms with Gasteiger partial charge in [0.15, 0.2) is 0 Å². The van der Waals surface area contributed by atoms with Crippen molar-refractivity contribution < 1.29 is 9.53 Å². The van der Waals surface area contributed by atoms with Crippen LogP contribution in [-0.4, -0.2) is 24.4 Å². The van der Waals surface area contributed by atoms with Gasteiger partial charge in [0.05, 0.1) is 0 Å². The Labute approximate surface area is 137 Å². The van der Waals surface area contributed by atoms with Crippen molar-refractivity contribution in [3.05, 3.63) is 60.2 Å². The second-order valence-corrected chi connectivity index (χ2v) is 6.38. The molecule has 1 fully saturated rings. The summed E-state index contributed by atoms with van der Waals surface area (Å²) in [4.78, 5) is 13.9. The molecule has 2 aromatic carbocycles. The van der Waals surface area contributed by atoms with E-state index in [2.05, 4.69) is 19.1 Å². The molecule has 0 spiro atoms. The molecular formula is C20H23NO2. The van der Waals surface area contributed by atoms with Crippen LogP contribution in [0.4, 0.5) is 0 Å². The Balaban J connectivity index is 1.65. The highest BCUT2D eigenvalue weighted by Crippen LogP contribution is 2.31. The molecular weight excluding hydrogens is 286 g/mol. The van der Waals surface area contributed by atoms with Crippen molar-refractivity contribution >= 4 is 5.91 Å². The molecule has 0 N–H and O–H groups in total. The molecule has 0 aliphatic heterocycles. The van der Waals surface area contributed by atoms with Crippen molar-refractivity contribution in [2.75, 3.05) is 13.6 Å². The van der Waals surface area contributed by atoms with E-state index in [0.29, 0.717) is 0 Å². The number of benzene rings is 2. The maximum atomic E-state index is 12.1. The van der Waals surface area contributed by atoms with Crippen molar-refractivity contribution in [2.45, 2.75) is 25.7 Å². The average Bonchev–Trinajstić information content (AvgIpc) is 3.40. The van der Waals surface area contributed by atoms with Crippen molar-refractivity contribution in [3.63, 3.8) is 0 Å². The average molecular weight is 309 g/mol. The van der Waals surface area contributed by atoms with Gasteiger partial charge >= 0.3 is 0 Å². The summed E-state index contributed by atoms with van der Waals surface area (Å²) in [6.45, 7) is 2.89. The zero-order chi connectivity index (χ0) is 16.2. The number of carbonyl (C=O) groups is 1. The van der Waals surface area contributed by atoms with Crippen LogP contribution < -0.4 is 4.74 Å². The van der Waals surface area contributed by atoms with Gasteiger partial charge in [-0.25, -0.2) is 0 Å². The van der Waals surface area contributed by atoms with Gasteiger partial charge in [-0.15, -0.1) is 0 Å². The van der Waals surface area contributed by atoms with Crippen LogP contribution in [0.25, 0.3) is 0 Å². The smallest absolute Gasteiger partial charge is 0.225 e. The normalized spacial score (nSPS) is 15.0. The molecule has 0 radical (unpaired) electrons. The first-order valence-electron chi connectivity index (χ1n) is 8.21. The van der Waals surface area contributed by atoms with Crippen molar-refractivity contribution in [1.82, 2.24) is 4.90 Å². The second-order valence-electron chi connectivity index (χ2n) is 6.38. The number of ether oxygens (including phenoxy) is 1. The first-order valence-corrected chi connectivity index (χ1v) is 8.21. The molecule has 1 atom stereocenters. The minimum absolute atomic E-state index is 0.278. The zero-order valence-corrected chi connectivity index (χ0v) is 13.7. The van der Waals surface area contributed by atoms with Gasteiger partial charge in [0.2, 0.25) is 5.91 Å². The van der Waals surface area contributed by atoms with Crippen LogP contribution in [0.15, 0.2) is 54.6 Å². The van der Waals surface area contributed by atoms with Gasteiger partial charge in [-0.3, -0.25) is 4.79 Å². The van der Waals surface area contributed by atoms with Crippen LogP contribution in [0.2, 0.25) is 0 Å². The largest absolute Gasteiger partial charge is 0.457 e. The van der Waals surface area contributed by atoms with E-state index in [0.717, 1.165) is 30.9 Å². The number of hydrogen-bond donors (Lipinski definition) is 0. The van der Waals surface area contributed by atoms with E-state index in [1.54, 1.807) is 0 Å². The molecule has 0 bridgehead atoms. The number of rotatable bonds is 6. The highest BCUT2D eigenvalue weighted by molar-refractivity contribution is 5.80. The fourth-order valence-corrected chi connectivity index (χ4v) is 2.76. The predicted octanol–water partition coefficient (Wildman–Crippen LogP) is 4.45. The summed E-state index contributed by atoms with van der Waals surface area (Å²) in [5.41, 5.74) is 1.19. The summed E-state index contributed by atoms with van der Waals surface area (Å²) in [5.74, 6) is 2.51. The highest BCUT2D eigenvalue weighted by atomic mass is 16.5. The Kier molecular flexibility index (Phi) is 4.65. The van der Waals surface area contributed by atoms with E-state index in [9.17, 15) is 4.79 Å². The number of likely N-dealkylation sites (N-methyl/N-ethyl adjacent to an activating group) is 1. The van der Waals surface area contributed by atoms with Crippen molar-refractivity contribution in [3.8, 4) is 11.5 Å². The lowest BCUT2D eigenvalue weighted by Crippen LogP contribution is -2.31. The van der Waals surface area contributed by atoms with E-state index in [1.165, 1.54) is 5.56 Å². The molecule has 3 rings (SSSR count). The maximum absolute atomic E-state index is 12.1. The highest BCUT2D eigenvalue weighted by Gasteiger charge is 2.32. The van der Waals surface area contributed by atoms with Crippen molar-refractivity contribution in [2.24, 2.45) is 5.92 Å². The third kappa shape index (κ3) is 4.13. The summed E-state index contributed by atoms with van der Waals surface area (Å²) in [6.07, 6.45) is 2.11. The predicted molar refractivity (Wildman–Crippen MR) is 91.7 cm³/mol. The van der Waals surface area contributed by atoms with E-state index >= 15 is 0 Å². The van der Waals surface area contributed by atoms with Gasteiger partial charge in [-0.05, 0) is 48.6 Å². The lowest BCUT2D eigenvalue weighted by molar-refractivity contribution is -0.131. The Bertz CT molecular complexity index is 664. The van der Waals surface area contributed by atoms with E-state index in [4.69, 9.17) is 4.74 Å². The van der Waals surface area contributed by atoms with E-state index < -0.39 is 0 Å². The van der Waals surface area contributed by atoms with Crippen LogP contribution >= 0.6 is 0 Å². The van der Waals surface area contributed by atoms with Gasteiger partial charge in [-0.2, -0.15) is 0 Å². The second kappa shape index (κ2) is 6.86. The van der Waals surface area contributed by atoms with Crippen LogP contribution in [0.1, 0.15) is 31.2 Å². The van der Waals surface area contributed by atoms with E-state index in [-0.39, 0.29) is 17.7 Å². The summed E-state index contributed by atoms with van der Waals surface area (Å²) in [6, 6.07) is 17.9. The van der Waals surface area contributed by atoms with Gasteiger partial charge in [0.1, 0.15) is 11.5 Å². The zero-order valence-electron chi connectivity index (χ0n) is 13.7. The number of hydrogen-bond acceptors (Lipinski definition) is 2. The molecule has 23 heavy (non-hydrogen) atoms. The Morgan fingerprint density at radius 2 is 1.83 bits per heavy atom. The first-order chi connectivity index (χ1) is 11.1. The third-order valence-electron chi connectivity index (χ3n) is 4.26. The molecule has 3 heteroatoms. The molecule has 1 aliphatic carbocycles. The minimum atomic E-state index is 0.278. The van der Waals surface area contributed by atoms with Gasteiger partial charge < -0.3 is 9.64 Å². The van der Waals surface area contributed by atoms with Crippen LogP contribution in [-0.2, 0) is 4.79 Å². The van der Waals surface area contributed by atoms with E-state index in [1.807, 2.05) is 54.4 Å². The summed E-state index contributed by atoms with van der Waals surface area (Å²) in [5, 5.41) is 0. The summed E-state index contributed by atoms with van der Waals surface area (Å²) >= 11 is 0. The molecule has 2 aromatic rings. The maximum Gasteiger partial charge on any atom is 0.225 e. The third-order valence-corrected chi connectivity index (χ3v) is 4.26. The number of para-hydroxylation sites is 1. The monoisotopic (exact) mass is 309 g/mol. The van der Waals surface area contributed by atoms with Crippen molar-refractivity contribution in [1.29, 1.82) is 0 Å². The molecule has 0 aromatic heterocycles. The van der Waals surface area contributed by atoms with Gasteiger partial charge in [-0.1, -0.05) is 37.3 Å². The molecule has 0 saturated heterocycles. The minimum Gasteiger partial charge on any atom is -0.457 e. The van der Waals surface area contributed by atoms with Gasteiger partial charge in [0.25, 0.3) is 0 Å². The Morgan fingerprint density at radius 3 is 2.52 bits per heavy atom. The summed E-state index contributed by atoms with van der Waals surface area (Å²) < 4.78 is 5.89. The topological polar surface area (TPSA) is 29.5 Å². The van der Waals surface area contributed by atoms with Crippen LogP contribution in [0.5, 0.6) is 11.5 Å². The molecule has 1 aliphatic rings. The fraction of sp³-hybridized carbons (Fsp3) is 0.350. The molecule has 0 heterocycles. The number of amides is 1. The summed E-state index contributed by atoms with van der Waals surface area (Å²) in [7, 11) is 1.90. The molecule has 1 saturated carbocycles. The standard InChI is InChI=1S/C20H23NO2/c1-15(14-21(2)20(22)16-11-12-16)17-7-6-10-19(13-17)23-18-8-4-3-5-9-18/h3-10,13,15-16H,11-12,14H2,1-2H3. The lowest BCUT2D eigenvalue weighted by Gasteiger charge is -2.22. The van der Waals surface area contributed by atoms with Crippen LogP contribution in [0.3, 0.4) is 0 Å². The number of nitrogens with zero attached hydrogens (tertiary/aromatic N) is 1. The number of carbonyl (C=O) groups excluding carboxylic acids is 1. The lowest BCUT2D eigenvalue weighted by atomic mass is 10.0. The quantitative estimate of drug-likeness (QED) is 0.789. The van der Waals surface area contributed by atoms with Gasteiger partial charge in [0, 0.05) is 19.5 Å². The Morgan fingerprint density at radius 1 is 1.13 bits per heavy atom. The molecule has 3 nitrogen and oxygen atoms in total.